The molecule has 5 nitrogen and oxygen atoms in total. The predicted molar refractivity (Wildman–Crippen MR) is 91.2 cm³/mol. The number of hydrogen-bond acceptors (Lipinski definition) is 4. The zero-order chi connectivity index (χ0) is 16.2. The SMILES string of the molecule is CC(=O)N1CCN(c2ccc([C@@H](N)c3ccccc3)cn2)CC1. The third kappa shape index (κ3) is 3.51. The zero-order valence-corrected chi connectivity index (χ0v) is 13.4. The molecule has 1 aromatic heterocycles. The van der Waals surface area contributed by atoms with Crippen molar-refractivity contribution in [2.75, 3.05) is 31.1 Å². The summed E-state index contributed by atoms with van der Waals surface area (Å²) >= 11 is 0. The third-order valence-corrected chi connectivity index (χ3v) is 4.34. The van der Waals surface area contributed by atoms with Gasteiger partial charge in [0.2, 0.25) is 5.91 Å². The molecule has 0 saturated carbocycles. The summed E-state index contributed by atoms with van der Waals surface area (Å²) in [6, 6.07) is 13.9. The van der Waals surface area contributed by atoms with Crippen molar-refractivity contribution in [2.24, 2.45) is 5.73 Å². The topological polar surface area (TPSA) is 62.5 Å². The Bertz CT molecular complexity index is 648. The van der Waals surface area contributed by atoms with Gasteiger partial charge in [-0.05, 0) is 17.2 Å². The van der Waals surface area contributed by atoms with Crippen LogP contribution in [0.5, 0.6) is 0 Å². The molecule has 0 radical (unpaired) electrons. The highest BCUT2D eigenvalue weighted by molar-refractivity contribution is 5.73. The first-order valence-corrected chi connectivity index (χ1v) is 7.92. The number of amides is 1. The lowest BCUT2D eigenvalue weighted by atomic mass is 10.0. The van der Waals surface area contributed by atoms with Gasteiger partial charge < -0.3 is 15.5 Å². The van der Waals surface area contributed by atoms with Gasteiger partial charge in [0, 0.05) is 39.3 Å². The number of carbonyl (C=O) groups is 1. The molecule has 0 spiro atoms. The molecular formula is C18H22N4O. The zero-order valence-electron chi connectivity index (χ0n) is 13.4. The van der Waals surface area contributed by atoms with Crippen molar-refractivity contribution >= 4 is 11.7 Å². The van der Waals surface area contributed by atoms with E-state index in [2.05, 4.69) is 9.88 Å². The van der Waals surface area contributed by atoms with Crippen LogP contribution in [0, 0.1) is 0 Å². The second kappa shape index (κ2) is 6.79. The number of piperazine rings is 1. The monoisotopic (exact) mass is 310 g/mol. The van der Waals surface area contributed by atoms with E-state index in [1.807, 2.05) is 53.6 Å². The summed E-state index contributed by atoms with van der Waals surface area (Å²) in [4.78, 5) is 20.0. The highest BCUT2D eigenvalue weighted by atomic mass is 16.2. The summed E-state index contributed by atoms with van der Waals surface area (Å²) in [6.07, 6.45) is 1.85. The van der Waals surface area contributed by atoms with E-state index in [0.29, 0.717) is 0 Å². The molecule has 1 fully saturated rings. The Labute approximate surface area is 136 Å². The van der Waals surface area contributed by atoms with Crippen molar-refractivity contribution in [1.29, 1.82) is 0 Å². The van der Waals surface area contributed by atoms with E-state index in [4.69, 9.17) is 5.73 Å². The third-order valence-electron chi connectivity index (χ3n) is 4.34. The fourth-order valence-corrected chi connectivity index (χ4v) is 2.87. The van der Waals surface area contributed by atoms with Crippen molar-refractivity contribution in [3.8, 4) is 0 Å². The molecule has 1 aliphatic heterocycles. The van der Waals surface area contributed by atoms with Crippen molar-refractivity contribution < 1.29 is 4.79 Å². The largest absolute Gasteiger partial charge is 0.353 e. The Kier molecular flexibility index (Phi) is 4.57. The minimum Gasteiger partial charge on any atom is -0.353 e. The molecule has 5 heteroatoms. The first-order chi connectivity index (χ1) is 11.1. The Morgan fingerprint density at radius 3 is 2.30 bits per heavy atom. The Morgan fingerprint density at radius 1 is 1.04 bits per heavy atom. The summed E-state index contributed by atoms with van der Waals surface area (Å²) in [5.74, 6) is 1.08. The number of benzene rings is 1. The molecule has 0 bridgehead atoms. The van der Waals surface area contributed by atoms with Crippen LogP contribution in [0.15, 0.2) is 48.7 Å². The van der Waals surface area contributed by atoms with Crippen molar-refractivity contribution in [2.45, 2.75) is 13.0 Å². The molecule has 1 atom stereocenters. The van der Waals surface area contributed by atoms with Crippen LogP contribution < -0.4 is 10.6 Å². The molecule has 2 heterocycles. The lowest BCUT2D eigenvalue weighted by molar-refractivity contribution is -0.129. The van der Waals surface area contributed by atoms with Crippen LogP contribution in [0.3, 0.4) is 0 Å². The van der Waals surface area contributed by atoms with Gasteiger partial charge >= 0.3 is 0 Å². The van der Waals surface area contributed by atoms with E-state index in [-0.39, 0.29) is 11.9 Å². The Balaban J connectivity index is 1.67. The number of anilines is 1. The maximum absolute atomic E-state index is 11.4. The summed E-state index contributed by atoms with van der Waals surface area (Å²) in [6.45, 7) is 4.76. The van der Waals surface area contributed by atoms with Gasteiger partial charge in [0.1, 0.15) is 5.82 Å². The van der Waals surface area contributed by atoms with Gasteiger partial charge in [-0.1, -0.05) is 36.4 Å². The number of pyridine rings is 1. The van der Waals surface area contributed by atoms with Gasteiger partial charge in [-0.2, -0.15) is 0 Å². The molecule has 0 unspecified atom stereocenters. The van der Waals surface area contributed by atoms with E-state index in [0.717, 1.165) is 43.1 Å². The van der Waals surface area contributed by atoms with Gasteiger partial charge in [0.25, 0.3) is 0 Å². The maximum atomic E-state index is 11.4. The lowest BCUT2D eigenvalue weighted by Gasteiger charge is -2.35. The van der Waals surface area contributed by atoms with Gasteiger partial charge in [-0.25, -0.2) is 4.98 Å². The second-order valence-electron chi connectivity index (χ2n) is 5.83. The molecular weight excluding hydrogens is 288 g/mol. The molecule has 23 heavy (non-hydrogen) atoms. The Morgan fingerprint density at radius 2 is 1.74 bits per heavy atom. The number of hydrogen-bond donors (Lipinski definition) is 1. The molecule has 1 saturated heterocycles. The number of aromatic nitrogens is 1. The molecule has 1 aromatic carbocycles. The van der Waals surface area contributed by atoms with Crippen LogP contribution in [0.25, 0.3) is 0 Å². The highest BCUT2D eigenvalue weighted by Crippen LogP contribution is 2.21. The predicted octanol–water partition coefficient (Wildman–Crippen LogP) is 1.80. The molecule has 1 aliphatic rings. The van der Waals surface area contributed by atoms with E-state index in [1.165, 1.54) is 0 Å². The minimum absolute atomic E-state index is 0.141. The molecule has 2 aromatic rings. The van der Waals surface area contributed by atoms with Crippen LogP contribution in [-0.2, 0) is 4.79 Å². The van der Waals surface area contributed by atoms with Crippen molar-refractivity contribution in [1.82, 2.24) is 9.88 Å². The van der Waals surface area contributed by atoms with Gasteiger partial charge in [-0.15, -0.1) is 0 Å². The summed E-state index contributed by atoms with van der Waals surface area (Å²) < 4.78 is 0. The average Bonchev–Trinajstić information content (AvgIpc) is 2.62. The smallest absolute Gasteiger partial charge is 0.219 e. The summed E-state index contributed by atoms with van der Waals surface area (Å²) in [5.41, 5.74) is 8.38. The lowest BCUT2D eigenvalue weighted by Crippen LogP contribution is -2.48. The fourth-order valence-electron chi connectivity index (χ4n) is 2.87. The molecule has 0 aliphatic carbocycles. The minimum atomic E-state index is -0.160. The molecule has 120 valence electrons. The number of nitrogens with two attached hydrogens (primary N) is 1. The van der Waals surface area contributed by atoms with E-state index < -0.39 is 0 Å². The summed E-state index contributed by atoms with van der Waals surface area (Å²) in [7, 11) is 0. The second-order valence-corrected chi connectivity index (χ2v) is 5.83. The van der Waals surface area contributed by atoms with Crippen LogP contribution >= 0.6 is 0 Å². The van der Waals surface area contributed by atoms with Crippen LogP contribution in [0.4, 0.5) is 5.82 Å². The maximum Gasteiger partial charge on any atom is 0.219 e. The van der Waals surface area contributed by atoms with Gasteiger partial charge in [-0.3, -0.25) is 4.79 Å². The van der Waals surface area contributed by atoms with E-state index in [9.17, 15) is 4.79 Å². The van der Waals surface area contributed by atoms with Gasteiger partial charge in [0.05, 0.1) is 6.04 Å². The fraction of sp³-hybridized carbons (Fsp3) is 0.333. The van der Waals surface area contributed by atoms with Crippen molar-refractivity contribution in [3.05, 3.63) is 59.8 Å². The Hall–Kier alpha value is -2.40. The van der Waals surface area contributed by atoms with E-state index in [1.54, 1.807) is 6.92 Å². The van der Waals surface area contributed by atoms with Gasteiger partial charge in [0.15, 0.2) is 0 Å². The first kappa shape index (κ1) is 15.5. The molecule has 1 amide bonds. The average molecular weight is 310 g/mol. The highest BCUT2D eigenvalue weighted by Gasteiger charge is 2.19. The van der Waals surface area contributed by atoms with Crippen LogP contribution in [0.1, 0.15) is 24.1 Å². The van der Waals surface area contributed by atoms with Crippen molar-refractivity contribution in [3.63, 3.8) is 0 Å². The first-order valence-electron chi connectivity index (χ1n) is 7.92. The number of carbonyl (C=O) groups excluding carboxylic acids is 1. The number of rotatable bonds is 3. The number of nitrogens with zero attached hydrogens (tertiary/aromatic N) is 3. The standard InChI is InChI=1S/C18H22N4O/c1-14(23)21-9-11-22(12-10-21)17-8-7-16(13-20-17)18(19)15-5-3-2-4-6-15/h2-8,13,18H,9-12,19H2,1H3/t18-/m0/s1. The quantitative estimate of drug-likeness (QED) is 0.939. The molecule has 3 rings (SSSR count). The molecule has 2 N–H and O–H groups in total. The normalized spacial score (nSPS) is 16.3. The van der Waals surface area contributed by atoms with Crippen LogP contribution in [0.2, 0.25) is 0 Å². The summed E-state index contributed by atoms with van der Waals surface area (Å²) in [5, 5.41) is 0. The van der Waals surface area contributed by atoms with Crippen LogP contribution in [-0.4, -0.2) is 42.0 Å². The van der Waals surface area contributed by atoms with E-state index >= 15 is 0 Å².